The van der Waals surface area contributed by atoms with Crippen molar-refractivity contribution in [2.75, 3.05) is 29.4 Å². The smallest absolute Gasteiger partial charge is 0.133 e. The fourth-order valence-electron chi connectivity index (χ4n) is 4.70. The molecule has 0 aliphatic carbocycles. The predicted molar refractivity (Wildman–Crippen MR) is 189 cm³/mol. The third-order valence-electron chi connectivity index (χ3n) is 7.24. The molecule has 43 heavy (non-hydrogen) atoms. The Kier molecular flexibility index (Phi) is 17.2. The van der Waals surface area contributed by atoms with Gasteiger partial charge in [0.2, 0.25) is 0 Å². The fraction of sp³-hybridized carbons (Fsp3) is 0.395. The molecule has 0 amide bonds. The standard InChI is InChI=1S/C38H55N5/c1-7-12-22-36(32(6)10-4)43(37(11-5)40-29-9-3)35-26-24-33(25-27-35)20-18-21-34(19-8-2)42(31-17-13-15-28-39)38-23-14-16-30-41-38/h8,11,13-14,16-19,21-27,30,32,40H,2,7,9-10,12,15,20,28-29,31,39H2,1,3-6H3/b17-13-,21-18-,34-19+,36-22+,37-11+. The summed E-state index contributed by atoms with van der Waals surface area (Å²) in [5.41, 5.74) is 10.5. The van der Waals surface area contributed by atoms with Crippen molar-refractivity contribution in [1.82, 2.24) is 10.3 Å². The summed E-state index contributed by atoms with van der Waals surface area (Å²) in [6.45, 7) is 17.4. The lowest BCUT2D eigenvalue weighted by Gasteiger charge is -2.34. The van der Waals surface area contributed by atoms with Crippen LogP contribution in [0, 0.1) is 5.92 Å². The summed E-state index contributed by atoms with van der Waals surface area (Å²) in [6, 6.07) is 15.0. The molecule has 0 spiro atoms. The first-order valence-corrected chi connectivity index (χ1v) is 16.1. The van der Waals surface area contributed by atoms with Crippen molar-refractivity contribution >= 4 is 11.5 Å². The van der Waals surface area contributed by atoms with E-state index in [1.165, 1.54) is 16.9 Å². The molecule has 2 aromatic rings. The van der Waals surface area contributed by atoms with E-state index in [0.29, 0.717) is 19.0 Å². The Morgan fingerprint density at radius 1 is 1.02 bits per heavy atom. The summed E-state index contributed by atoms with van der Waals surface area (Å²) in [7, 11) is 0. The third-order valence-corrected chi connectivity index (χ3v) is 7.24. The van der Waals surface area contributed by atoms with Crippen molar-refractivity contribution in [3.05, 3.63) is 127 Å². The number of hydrogen-bond acceptors (Lipinski definition) is 5. The third kappa shape index (κ3) is 11.8. The van der Waals surface area contributed by atoms with Gasteiger partial charge in [-0.3, -0.25) is 0 Å². The van der Waals surface area contributed by atoms with Gasteiger partial charge in [-0.1, -0.05) is 89.3 Å². The summed E-state index contributed by atoms with van der Waals surface area (Å²) in [6.07, 6.45) is 25.0. The quantitative estimate of drug-likeness (QED) is 0.121. The normalized spacial score (nSPS) is 13.5. The van der Waals surface area contributed by atoms with E-state index in [0.717, 1.165) is 62.4 Å². The van der Waals surface area contributed by atoms with Gasteiger partial charge < -0.3 is 20.9 Å². The number of rotatable bonds is 20. The van der Waals surface area contributed by atoms with Gasteiger partial charge in [0.1, 0.15) is 11.6 Å². The lowest BCUT2D eigenvalue weighted by molar-refractivity contribution is 0.616. The maximum Gasteiger partial charge on any atom is 0.133 e. The molecule has 0 saturated carbocycles. The van der Waals surface area contributed by atoms with Crippen LogP contribution in [0.3, 0.4) is 0 Å². The molecule has 1 heterocycles. The molecule has 5 nitrogen and oxygen atoms in total. The average molecular weight is 582 g/mol. The molecule has 0 saturated heterocycles. The highest BCUT2D eigenvalue weighted by Gasteiger charge is 2.20. The lowest BCUT2D eigenvalue weighted by Crippen LogP contribution is -2.34. The number of pyridine rings is 1. The zero-order chi connectivity index (χ0) is 31.3. The molecule has 232 valence electrons. The lowest BCUT2D eigenvalue weighted by atomic mass is 10.0. The Morgan fingerprint density at radius 3 is 2.42 bits per heavy atom. The summed E-state index contributed by atoms with van der Waals surface area (Å²) >= 11 is 0. The second kappa shape index (κ2) is 21.0. The summed E-state index contributed by atoms with van der Waals surface area (Å²) in [5.74, 6) is 2.49. The van der Waals surface area contributed by atoms with Gasteiger partial charge in [-0.2, -0.15) is 0 Å². The van der Waals surface area contributed by atoms with Crippen molar-refractivity contribution in [2.45, 2.75) is 73.1 Å². The van der Waals surface area contributed by atoms with Crippen molar-refractivity contribution in [3.8, 4) is 0 Å². The minimum atomic E-state index is 0.454. The predicted octanol–water partition coefficient (Wildman–Crippen LogP) is 9.06. The van der Waals surface area contributed by atoms with Crippen LogP contribution in [-0.4, -0.2) is 24.6 Å². The molecule has 1 aromatic heterocycles. The molecule has 0 fully saturated rings. The van der Waals surface area contributed by atoms with Gasteiger partial charge in [0.15, 0.2) is 0 Å². The van der Waals surface area contributed by atoms with Gasteiger partial charge in [-0.15, -0.1) is 0 Å². The first-order chi connectivity index (χ1) is 21.0. The highest BCUT2D eigenvalue weighted by atomic mass is 15.3. The zero-order valence-corrected chi connectivity index (χ0v) is 27.3. The van der Waals surface area contributed by atoms with E-state index in [9.17, 15) is 0 Å². The van der Waals surface area contributed by atoms with E-state index in [1.54, 1.807) is 0 Å². The van der Waals surface area contributed by atoms with E-state index >= 15 is 0 Å². The number of hydrogen-bond donors (Lipinski definition) is 2. The van der Waals surface area contributed by atoms with Crippen molar-refractivity contribution in [2.24, 2.45) is 11.7 Å². The number of unbranched alkanes of at least 4 members (excludes halogenated alkanes) is 1. The van der Waals surface area contributed by atoms with E-state index in [-0.39, 0.29) is 0 Å². The Morgan fingerprint density at radius 2 is 1.81 bits per heavy atom. The fourth-order valence-corrected chi connectivity index (χ4v) is 4.70. The van der Waals surface area contributed by atoms with Crippen LogP contribution in [0.25, 0.3) is 0 Å². The zero-order valence-electron chi connectivity index (χ0n) is 27.3. The van der Waals surface area contributed by atoms with Crippen molar-refractivity contribution < 1.29 is 0 Å². The largest absolute Gasteiger partial charge is 0.371 e. The molecule has 1 unspecified atom stereocenters. The van der Waals surface area contributed by atoms with Crippen LogP contribution in [0.2, 0.25) is 0 Å². The Labute approximate surface area is 262 Å². The molecule has 0 radical (unpaired) electrons. The van der Waals surface area contributed by atoms with Crippen LogP contribution < -0.4 is 20.9 Å². The molecule has 0 aliphatic heterocycles. The molecular weight excluding hydrogens is 526 g/mol. The van der Waals surface area contributed by atoms with E-state index in [1.807, 2.05) is 36.5 Å². The van der Waals surface area contributed by atoms with Gasteiger partial charge in [0, 0.05) is 36.4 Å². The summed E-state index contributed by atoms with van der Waals surface area (Å²) in [4.78, 5) is 9.22. The topological polar surface area (TPSA) is 57.4 Å². The minimum absolute atomic E-state index is 0.454. The molecule has 1 aromatic carbocycles. The second-order valence-corrected chi connectivity index (χ2v) is 10.6. The van der Waals surface area contributed by atoms with Gasteiger partial charge in [0.05, 0.1) is 0 Å². The Bertz CT molecular complexity index is 1200. The Hall–Kier alpha value is -3.83. The SMILES string of the molecule is C=C/C=C(\C=C/Cc1ccc(N(/C(=C/C)NCCC)/C(=C/CCC)C(C)CC)cc1)N(C/C=C\CCN)c1ccccn1. The second-order valence-electron chi connectivity index (χ2n) is 10.6. The summed E-state index contributed by atoms with van der Waals surface area (Å²) in [5, 5.41) is 3.67. The maximum absolute atomic E-state index is 5.68. The number of benzene rings is 1. The van der Waals surface area contributed by atoms with Crippen molar-refractivity contribution in [3.63, 3.8) is 0 Å². The molecule has 1 atom stereocenters. The molecule has 5 heteroatoms. The monoisotopic (exact) mass is 581 g/mol. The number of nitrogens with two attached hydrogens (primary N) is 1. The van der Waals surface area contributed by atoms with Gasteiger partial charge in [0.25, 0.3) is 0 Å². The number of nitrogens with one attached hydrogen (secondary N) is 1. The number of allylic oxidation sites excluding steroid dienone is 7. The van der Waals surface area contributed by atoms with E-state index < -0.39 is 0 Å². The molecule has 0 bridgehead atoms. The van der Waals surface area contributed by atoms with Gasteiger partial charge >= 0.3 is 0 Å². The van der Waals surface area contributed by atoms with Crippen LogP contribution in [0.15, 0.2) is 121 Å². The van der Waals surface area contributed by atoms with Gasteiger partial charge in [-0.25, -0.2) is 4.98 Å². The van der Waals surface area contributed by atoms with Crippen LogP contribution >= 0.6 is 0 Å². The Balaban J connectivity index is 2.34. The maximum atomic E-state index is 5.68. The van der Waals surface area contributed by atoms with Gasteiger partial charge in [-0.05, 0) is 99.5 Å². The first kappa shape index (κ1) is 35.4. The number of anilines is 2. The average Bonchev–Trinajstić information content (AvgIpc) is 3.04. The van der Waals surface area contributed by atoms with E-state index in [4.69, 9.17) is 5.73 Å². The van der Waals surface area contributed by atoms with E-state index in [2.05, 4.69) is 122 Å². The summed E-state index contributed by atoms with van der Waals surface area (Å²) < 4.78 is 0. The van der Waals surface area contributed by atoms with Crippen molar-refractivity contribution in [1.29, 1.82) is 0 Å². The first-order valence-electron chi connectivity index (χ1n) is 16.1. The van der Waals surface area contributed by atoms with Crippen LogP contribution in [0.4, 0.5) is 11.5 Å². The van der Waals surface area contributed by atoms with Crippen LogP contribution in [-0.2, 0) is 6.42 Å². The highest BCUT2D eigenvalue weighted by molar-refractivity contribution is 5.59. The van der Waals surface area contributed by atoms with Crippen LogP contribution in [0.5, 0.6) is 0 Å². The molecule has 3 N–H and O–H groups in total. The number of aromatic nitrogens is 1. The van der Waals surface area contributed by atoms with Crippen LogP contribution in [0.1, 0.15) is 72.3 Å². The molecular formula is C38H55N5. The molecule has 0 aliphatic rings. The minimum Gasteiger partial charge on any atom is -0.371 e. The highest BCUT2D eigenvalue weighted by Crippen LogP contribution is 2.30. The number of nitrogens with zero attached hydrogens (tertiary/aromatic N) is 3. The molecule has 2 rings (SSSR count).